The number of rotatable bonds is 1. The molecule has 1 aliphatic rings. The van der Waals surface area contributed by atoms with Crippen LogP contribution in [0.3, 0.4) is 0 Å². The molecule has 0 radical (unpaired) electrons. The van der Waals surface area contributed by atoms with Crippen molar-refractivity contribution in [2.24, 2.45) is 18.2 Å². The Balaban J connectivity index is 2.51. The molecule has 1 unspecified atom stereocenters. The lowest BCUT2D eigenvalue weighted by molar-refractivity contribution is 0.275. The van der Waals surface area contributed by atoms with E-state index in [4.69, 9.17) is 5.73 Å². The Morgan fingerprint density at radius 2 is 2.20 bits per heavy atom. The quantitative estimate of drug-likeness (QED) is 0.762. The van der Waals surface area contributed by atoms with Crippen LogP contribution < -0.4 is 5.73 Å². The van der Waals surface area contributed by atoms with Crippen LogP contribution in [0.4, 0.5) is 0 Å². The number of aromatic nitrogens is 2. The number of hydrogen-bond donors (Lipinski definition) is 1. The molecule has 2 rings (SSSR count). The molecule has 1 aromatic heterocycles. The van der Waals surface area contributed by atoms with Gasteiger partial charge in [-0.25, -0.2) is 0 Å². The van der Waals surface area contributed by atoms with Crippen molar-refractivity contribution in [2.45, 2.75) is 39.5 Å². The number of aryl methyl sites for hydroxylation is 2. The van der Waals surface area contributed by atoms with E-state index < -0.39 is 0 Å². The Hall–Kier alpha value is -0.830. The number of nitrogens with zero attached hydrogens (tertiary/aromatic N) is 2. The van der Waals surface area contributed by atoms with Gasteiger partial charge in [0, 0.05) is 24.2 Å². The molecule has 1 aromatic rings. The molecule has 0 aromatic carbocycles. The summed E-state index contributed by atoms with van der Waals surface area (Å²) in [4.78, 5) is 0. The first-order valence-electron chi connectivity index (χ1n) is 5.67. The molecule has 1 heterocycles. The van der Waals surface area contributed by atoms with Gasteiger partial charge in [0.25, 0.3) is 0 Å². The fourth-order valence-corrected chi connectivity index (χ4v) is 2.96. The maximum atomic E-state index is 5.88. The van der Waals surface area contributed by atoms with E-state index >= 15 is 0 Å². The summed E-state index contributed by atoms with van der Waals surface area (Å²) in [5.74, 6) is 0.498. The lowest BCUT2D eigenvalue weighted by Gasteiger charge is -2.35. The van der Waals surface area contributed by atoms with E-state index in [1.54, 1.807) is 0 Å². The third kappa shape index (κ3) is 1.69. The number of hydrogen-bond acceptors (Lipinski definition) is 2. The second-order valence-corrected chi connectivity index (χ2v) is 5.55. The molecule has 0 amide bonds. The Morgan fingerprint density at radius 3 is 2.80 bits per heavy atom. The first-order valence-corrected chi connectivity index (χ1v) is 5.67. The summed E-state index contributed by atoms with van der Waals surface area (Å²) in [7, 11) is 2.04. The monoisotopic (exact) mass is 207 g/mol. The molecule has 15 heavy (non-hydrogen) atoms. The zero-order chi connectivity index (χ0) is 11.2. The average Bonchev–Trinajstić information content (AvgIpc) is 2.39. The van der Waals surface area contributed by atoms with Crippen molar-refractivity contribution in [3.8, 4) is 0 Å². The summed E-state index contributed by atoms with van der Waals surface area (Å²) >= 11 is 0. The Morgan fingerprint density at radius 1 is 1.53 bits per heavy atom. The van der Waals surface area contributed by atoms with Crippen molar-refractivity contribution in [1.82, 2.24) is 9.78 Å². The summed E-state index contributed by atoms with van der Waals surface area (Å²) in [6.45, 7) is 7.48. The normalized spacial score (nSPS) is 23.9. The minimum atomic E-state index is 0.358. The fourth-order valence-electron chi connectivity index (χ4n) is 2.96. The van der Waals surface area contributed by atoms with E-state index in [2.05, 4.69) is 25.9 Å². The van der Waals surface area contributed by atoms with Crippen molar-refractivity contribution in [2.75, 3.05) is 6.54 Å². The van der Waals surface area contributed by atoms with Crippen molar-refractivity contribution in [3.63, 3.8) is 0 Å². The predicted molar refractivity (Wildman–Crippen MR) is 61.8 cm³/mol. The molecule has 0 bridgehead atoms. The van der Waals surface area contributed by atoms with E-state index in [0.717, 1.165) is 13.0 Å². The highest BCUT2D eigenvalue weighted by Gasteiger charge is 2.35. The lowest BCUT2D eigenvalue weighted by Crippen LogP contribution is -2.30. The van der Waals surface area contributed by atoms with E-state index in [-0.39, 0.29) is 0 Å². The highest BCUT2D eigenvalue weighted by molar-refractivity contribution is 5.33. The minimum absolute atomic E-state index is 0.358. The standard InChI is InChI=1S/C12H21N3/c1-8-11-9(7-13)5-12(2,3)6-10(11)15(4)14-8/h9H,5-7,13H2,1-4H3. The Labute approximate surface area is 91.7 Å². The molecule has 1 atom stereocenters. The summed E-state index contributed by atoms with van der Waals surface area (Å²) < 4.78 is 2.04. The van der Waals surface area contributed by atoms with Gasteiger partial charge in [-0.2, -0.15) is 5.10 Å². The van der Waals surface area contributed by atoms with Gasteiger partial charge in [0.05, 0.1) is 5.69 Å². The van der Waals surface area contributed by atoms with E-state index in [1.807, 2.05) is 11.7 Å². The SMILES string of the molecule is Cc1nn(C)c2c1C(CN)CC(C)(C)C2. The first-order chi connectivity index (χ1) is 6.94. The van der Waals surface area contributed by atoms with E-state index in [9.17, 15) is 0 Å². The van der Waals surface area contributed by atoms with Crippen LogP contribution in [-0.4, -0.2) is 16.3 Å². The van der Waals surface area contributed by atoms with Crippen LogP contribution in [-0.2, 0) is 13.5 Å². The summed E-state index contributed by atoms with van der Waals surface area (Å²) in [6.07, 6.45) is 2.30. The molecule has 0 saturated carbocycles. The van der Waals surface area contributed by atoms with E-state index in [1.165, 1.54) is 23.4 Å². The van der Waals surface area contributed by atoms with Crippen LogP contribution in [0.1, 0.15) is 43.1 Å². The maximum Gasteiger partial charge on any atom is 0.0631 e. The topological polar surface area (TPSA) is 43.8 Å². The van der Waals surface area contributed by atoms with Crippen LogP contribution >= 0.6 is 0 Å². The van der Waals surface area contributed by atoms with Crippen molar-refractivity contribution >= 4 is 0 Å². The molecule has 2 N–H and O–H groups in total. The van der Waals surface area contributed by atoms with E-state index in [0.29, 0.717) is 11.3 Å². The highest BCUT2D eigenvalue weighted by atomic mass is 15.3. The number of nitrogens with two attached hydrogens (primary N) is 1. The van der Waals surface area contributed by atoms with Crippen LogP contribution in [0, 0.1) is 12.3 Å². The van der Waals surface area contributed by atoms with Gasteiger partial charge in [-0.3, -0.25) is 4.68 Å². The second kappa shape index (κ2) is 3.34. The van der Waals surface area contributed by atoms with Gasteiger partial charge in [-0.05, 0) is 31.7 Å². The fraction of sp³-hybridized carbons (Fsp3) is 0.750. The van der Waals surface area contributed by atoms with Crippen LogP contribution in [0.25, 0.3) is 0 Å². The smallest absolute Gasteiger partial charge is 0.0631 e. The zero-order valence-corrected chi connectivity index (χ0v) is 10.2. The molecule has 0 spiro atoms. The molecule has 1 aliphatic carbocycles. The molecule has 84 valence electrons. The minimum Gasteiger partial charge on any atom is -0.330 e. The summed E-state index contributed by atoms with van der Waals surface area (Å²) in [5, 5.41) is 4.52. The second-order valence-electron chi connectivity index (χ2n) is 5.55. The zero-order valence-electron chi connectivity index (χ0n) is 10.2. The van der Waals surface area contributed by atoms with Gasteiger partial charge < -0.3 is 5.73 Å². The molecule has 3 nitrogen and oxygen atoms in total. The predicted octanol–water partition coefficient (Wildman–Crippen LogP) is 1.74. The van der Waals surface area contributed by atoms with Gasteiger partial charge in [0.1, 0.15) is 0 Å². The third-order valence-electron chi connectivity index (χ3n) is 3.53. The Kier molecular flexibility index (Phi) is 2.38. The Bertz CT molecular complexity index is 376. The molecule has 0 saturated heterocycles. The summed E-state index contributed by atoms with van der Waals surface area (Å²) in [6, 6.07) is 0. The van der Waals surface area contributed by atoms with Gasteiger partial charge in [-0.1, -0.05) is 13.8 Å². The molecule has 0 aliphatic heterocycles. The number of fused-ring (bicyclic) bond motifs is 1. The van der Waals surface area contributed by atoms with Crippen LogP contribution in [0.2, 0.25) is 0 Å². The lowest BCUT2D eigenvalue weighted by atomic mass is 9.71. The van der Waals surface area contributed by atoms with Gasteiger partial charge in [0.2, 0.25) is 0 Å². The van der Waals surface area contributed by atoms with Crippen molar-refractivity contribution in [1.29, 1.82) is 0 Å². The molecular weight excluding hydrogens is 186 g/mol. The van der Waals surface area contributed by atoms with Crippen LogP contribution in [0.5, 0.6) is 0 Å². The highest BCUT2D eigenvalue weighted by Crippen LogP contribution is 2.42. The van der Waals surface area contributed by atoms with Crippen LogP contribution in [0.15, 0.2) is 0 Å². The van der Waals surface area contributed by atoms with Crippen molar-refractivity contribution in [3.05, 3.63) is 17.0 Å². The maximum absolute atomic E-state index is 5.88. The van der Waals surface area contributed by atoms with Crippen molar-refractivity contribution < 1.29 is 0 Å². The van der Waals surface area contributed by atoms with Gasteiger partial charge in [-0.15, -0.1) is 0 Å². The largest absolute Gasteiger partial charge is 0.330 e. The molecular formula is C12H21N3. The van der Waals surface area contributed by atoms with Gasteiger partial charge >= 0.3 is 0 Å². The molecule has 0 fully saturated rings. The first kappa shape index (κ1) is 10.7. The molecule has 3 heteroatoms. The third-order valence-corrected chi connectivity index (χ3v) is 3.53. The summed E-state index contributed by atoms with van der Waals surface area (Å²) in [5.41, 5.74) is 10.2. The van der Waals surface area contributed by atoms with Gasteiger partial charge in [0.15, 0.2) is 0 Å². The average molecular weight is 207 g/mol.